The summed E-state index contributed by atoms with van der Waals surface area (Å²) in [7, 11) is 0. The molecule has 188 valence electrons. The van der Waals surface area contributed by atoms with Crippen LogP contribution in [0.25, 0.3) is 11.4 Å². The number of carbonyl (C=O) groups excluding carboxylic acids is 2. The summed E-state index contributed by atoms with van der Waals surface area (Å²) in [4.78, 5) is 28.8. The van der Waals surface area contributed by atoms with E-state index >= 15 is 0 Å². The molecule has 0 saturated heterocycles. The van der Waals surface area contributed by atoms with E-state index in [0.717, 1.165) is 62.6 Å². The smallest absolute Gasteiger partial charge is 0.395 e. The summed E-state index contributed by atoms with van der Waals surface area (Å²) < 4.78 is 35.5. The van der Waals surface area contributed by atoms with E-state index < -0.39 is 6.29 Å². The molecule has 2 aromatic rings. The van der Waals surface area contributed by atoms with Crippen molar-refractivity contribution in [1.82, 2.24) is 30.4 Å². The van der Waals surface area contributed by atoms with E-state index in [1.807, 2.05) is 0 Å². The first-order chi connectivity index (χ1) is 16.9. The van der Waals surface area contributed by atoms with Crippen LogP contribution in [0.1, 0.15) is 57.8 Å². The van der Waals surface area contributed by atoms with Crippen molar-refractivity contribution in [2.45, 2.75) is 82.7 Å². The first-order valence-corrected chi connectivity index (χ1v) is 12.1. The molecule has 1 aliphatic heterocycles. The Balaban J connectivity index is 1.26. The van der Waals surface area contributed by atoms with Crippen molar-refractivity contribution in [3.05, 3.63) is 18.2 Å². The predicted octanol–water partition coefficient (Wildman–Crippen LogP) is 2.88. The van der Waals surface area contributed by atoms with E-state index in [2.05, 4.69) is 30.2 Å². The van der Waals surface area contributed by atoms with Gasteiger partial charge in [0.05, 0.1) is 6.54 Å². The number of benzene rings is 1. The van der Waals surface area contributed by atoms with Crippen LogP contribution in [0.3, 0.4) is 0 Å². The number of nitrogens with one attached hydrogen (secondary N) is 1. The first kappa shape index (κ1) is 23.4. The average Bonchev–Trinajstić information content (AvgIpc) is 3.57. The van der Waals surface area contributed by atoms with Crippen LogP contribution in [0.2, 0.25) is 0 Å². The third kappa shape index (κ3) is 5.51. The lowest BCUT2D eigenvalue weighted by Crippen LogP contribution is -2.49. The number of carbonyl (C=O) groups is 2. The van der Waals surface area contributed by atoms with Crippen molar-refractivity contribution in [3.63, 3.8) is 0 Å². The van der Waals surface area contributed by atoms with Gasteiger partial charge in [-0.05, 0) is 49.1 Å². The van der Waals surface area contributed by atoms with Gasteiger partial charge >= 0.3 is 6.29 Å². The molecule has 2 heterocycles. The minimum Gasteiger partial charge on any atom is -0.395 e. The lowest BCUT2D eigenvalue weighted by Gasteiger charge is -2.34. The number of ether oxygens (including phenoxy) is 2. The van der Waals surface area contributed by atoms with Crippen molar-refractivity contribution in [2.24, 2.45) is 0 Å². The molecule has 3 aliphatic rings. The zero-order valence-electron chi connectivity index (χ0n) is 19.3. The van der Waals surface area contributed by atoms with E-state index in [9.17, 15) is 18.4 Å². The molecule has 35 heavy (non-hydrogen) atoms. The van der Waals surface area contributed by atoms with Crippen LogP contribution >= 0.6 is 0 Å². The predicted molar refractivity (Wildman–Crippen MR) is 118 cm³/mol. The summed E-state index contributed by atoms with van der Waals surface area (Å²) in [6.45, 7) is -0.166. The summed E-state index contributed by atoms with van der Waals surface area (Å²) >= 11 is 0. The van der Waals surface area contributed by atoms with Crippen LogP contribution in [0.4, 0.5) is 8.78 Å². The Morgan fingerprint density at radius 3 is 2.54 bits per heavy atom. The second-order valence-electron chi connectivity index (χ2n) is 9.33. The fourth-order valence-corrected chi connectivity index (χ4v) is 5.04. The summed E-state index contributed by atoms with van der Waals surface area (Å²) in [5, 5.41) is 15.2. The highest BCUT2D eigenvalue weighted by Crippen LogP contribution is 2.42. The quantitative estimate of drug-likeness (QED) is 0.635. The van der Waals surface area contributed by atoms with E-state index in [1.54, 1.807) is 4.90 Å². The van der Waals surface area contributed by atoms with Gasteiger partial charge in [-0.15, -0.1) is 19.0 Å². The standard InChI is InChI=1S/C23H28F2N6O4/c24-23(25)34-18-11-10-15(12-19(18)35-23)22-27-29-31(28-22)14-21(33)30(17-8-2-1-3-9-17)13-20(32)26-16-6-4-5-7-16/h10-12,16-17H,1-9,13-14H2,(H,26,32). The zero-order chi connectivity index (χ0) is 24.4. The number of amides is 2. The molecular formula is C23H28F2N6O4. The van der Waals surface area contributed by atoms with Crippen molar-refractivity contribution in [2.75, 3.05) is 6.54 Å². The maximum Gasteiger partial charge on any atom is 0.586 e. The topological polar surface area (TPSA) is 111 Å². The molecular weight excluding hydrogens is 462 g/mol. The molecule has 0 radical (unpaired) electrons. The molecule has 2 fully saturated rings. The number of nitrogens with zero attached hydrogens (tertiary/aromatic N) is 5. The van der Waals surface area contributed by atoms with Gasteiger partial charge < -0.3 is 19.7 Å². The Hall–Kier alpha value is -3.31. The fraction of sp³-hybridized carbons (Fsp3) is 0.609. The van der Waals surface area contributed by atoms with Gasteiger partial charge in [0, 0.05) is 17.6 Å². The Morgan fingerprint density at radius 2 is 1.77 bits per heavy atom. The van der Waals surface area contributed by atoms with E-state index in [0.29, 0.717) is 5.56 Å². The van der Waals surface area contributed by atoms with E-state index in [4.69, 9.17) is 0 Å². The number of alkyl halides is 2. The fourth-order valence-electron chi connectivity index (χ4n) is 5.04. The minimum atomic E-state index is -3.72. The number of rotatable bonds is 7. The molecule has 2 aliphatic carbocycles. The second kappa shape index (κ2) is 9.74. The van der Waals surface area contributed by atoms with Gasteiger partial charge in [-0.3, -0.25) is 9.59 Å². The number of aromatic nitrogens is 4. The van der Waals surface area contributed by atoms with Gasteiger partial charge in [-0.1, -0.05) is 32.1 Å². The monoisotopic (exact) mass is 490 g/mol. The molecule has 0 bridgehead atoms. The maximum atomic E-state index is 13.3. The summed E-state index contributed by atoms with van der Waals surface area (Å²) in [6, 6.07) is 4.37. The van der Waals surface area contributed by atoms with Crippen molar-refractivity contribution in [3.8, 4) is 22.9 Å². The lowest BCUT2D eigenvalue weighted by atomic mass is 9.94. The van der Waals surface area contributed by atoms with Crippen LogP contribution in [-0.4, -0.2) is 61.8 Å². The molecule has 0 unspecified atom stereocenters. The largest absolute Gasteiger partial charge is 0.586 e. The normalized spacial score (nSPS) is 19.6. The van der Waals surface area contributed by atoms with Gasteiger partial charge in [0.2, 0.25) is 17.6 Å². The van der Waals surface area contributed by atoms with Crippen LogP contribution in [-0.2, 0) is 16.1 Å². The van der Waals surface area contributed by atoms with Gasteiger partial charge in [0.15, 0.2) is 11.5 Å². The molecule has 2 saturated carbocycles. The van der Waals surface area contributed by atoms with Crippen molar-refractivity contribution < 1.29 is 27.8 Å². The molecule has 10 nitrogen and oxygen atoms in total. The Morgan fingerprint density at radius 1 is 1.06 bits per heavy atom. The highest BCUT2D eigenvalue weighted by Gasteiger charge is 2.43. The van der Waals surface area contributed by atoms with Crippen LogP contribution in [0, 0.1) is 0 Å². The Kier molecular flexibility index (Phi) is 6.52. The summed E-state index contributed by atoms with van der Waals surface area (Å²) in [5.74, 6) is -0.451. The SMILES string of the molecule is O=C(CN(C(=O)Cn1nnc(-c2ccc3c(c2)OC(F)(F)O3)n1)C1CCCCC1)NC1CCCC1. The minimum absolute atomic E-state index is 0.00379. The maximum absolute atomic E-state index is 13.3. The second-order valence-corrected chi connectivity index (χ2v) is 9.33. The highest BCUT2D eigenvalue weighted by atomic mass is 19.3. The third-order valence-corrected chi connectivity index (χ3v) is 6.76. The van der Waals surface area contributed by atoms with E-state index in [1.165, 1.54) is 18.2 Å². The molecule has 2 amide bonds. The van der Waals surface area contributed by atoms with Crippen molar-refractivity contribution in [1.29, 1.82) is 0 Å². The molecule has 5 rings (SSSR count). The third-order valence-electron chi connectivity index (χ3n) is 6.76. The molecule has 1 N–H and O–H groups in total. The van der Waals surface area contributed by atoms with Crippen LogP contribution in [0.15, 0.2) is 18.2 Å². The first-order valence-electron chi connectivity index (χ1n) is 12.1. The highest BCUT2D eigenvalue weighted by molar-refractivity contribution is 5.85. The Bertz CT molecular complexity index is 1080. The summed E-state index contributed by atoms with van der Waals surface area (Å²) in [5.41, 5.74) is 0.392. The van der Waals surface area contributed by atoms with Crippen LogP contribution < -0.4 is 14.8 Å². The van der Waals surface area contributed by atoms with Gasteiger partial charge in [0.1, 0.15) is 6.54 Å². The number of fused-ring (bicyclic) bond motifs is 1. The molecule has 12 heteroatoms. The molecule has 1 aromatic carbocycles. The zero-order valence-corrected chi connectivity index (χ0v) is 19.3. The number of hydrogen-bond donors (Lipinski definition) is 1. The molecule has 0 spiro atoms. The van der Waals surface area contributed by atoms with Crippen molar-refractivity contribution >= 4 is 11.8 Å². The Labute approximate surface area is 200 Å². The van der Waals surface area contributed by atoms with Gasteiger partial charge in [0.25, 0.3) is 0 Å². The van der Waals surface area contributed by atoms with E-state index in [-0.39, 0.29) is 54.3 Å². The molecule has 1 aromatic heterocycles. The van der Waals surface area contributed by atoms with Gasteiger partial charge in [-0.25, -0.2) is 0 Å². The summed E-state index contributed by atoms with van der Waals surface area (Å²) in [6.07, 6.45) is 5.36. The number of hydrogen-bond acceptors (Lipinski definition) is 7. The number of tetrazole rings is 1. The molecule has 0 atom stereocenters. The van der Waals surface area contributed by atoms with Gasteiger partial charge in [-0.2, -0.15) is 4.80 Å². The average molecular weight is 491 g/mol. The lowest BCUT2D eigenvalue weighted by molar-refractivity contribution is -0.286. The number of halogens is 2. The van der Waals surface area contributed by atoms with Crippen LogP contribution in [0.5, 0.6) is 11.5 Å².